The molecule has 0 fully saturated rings. The van der Waals surface area contributed by atoms with Gasteiger partial charge in [0.15, 0.2) is 0 Å². The van der Waals surface area contributed by atoms with Gasteiger partial charge in [-0.15, -0.1) is 0 Å². The zero-order chi connectivity index (χ0) is 12.7. The highest BCUT2D eigenvalue weighted by atomic mass is 14.8. The molecule has 0 aliphatic carbocycles. The van der Waals surface area contributed by atoms with Gasteiger partial charge in [0, 0.05) is 18.5 Å². The molecule has 17 heavy (non-hydrogen) atoms. The van der Waals surface area contributed by atoms with Crippen LogP contribution in [0.3, 0.4) is 0 Å². The van der Waals surface area contributed by atoms with E-state index in [9.17, 15) is 0 Å². The molecule has 3 heteroatoms. The van der Waals surface area contributed by atoms with Gasteiger partial charge in [-0.2, -0.15) is 5.26 Å². The summed E-state index contributed by atoms with van der Waals surface area (Å²) in [6.07, 6.45) is 1.85. The Balaban J connectivity index is 2.89. The van der Waals surface area contributed by atoms with Crippen LogP contribution in [0.15, 0.2) is 41.0 Å². The lowest BCUT2D eigenvalue weighted by molar-refractivity contribution is 0.877. The Labute approximate surface area is 102 Å². The third kappa shape index (κ3) is 4.21. The van der Waals surface area contributed by atoms with Crippen LogP contribution in [0.1, 0.15) is 25.0 Å². The Hall–Kier alpha value is -1.92. The number of nitrogens with one attached hydrogen (secondary N) is 1. The van der Waals surface area contributed by atoms with Crippen molar-refractivity contribution in [3.05, 3.63) is 47.2 Å². The van der Waals surface area contributed by atoms with Crippen molar-refractivity contribution >= 4 is 5.71 Å². The molecule has 3 nitrogen and oxygen atoms in total. The van der Waals surface area contributed by atoms with Crippen molar-refractivity contribution in [2.45, 2.75) is 13.8 Å². The molecule has 0 unspecified atom stereocenters. The molecule has 1 aromatic rings. The maximum absolute atomic E-state index is 8.82. The summed E-state index contributed by atoms with van der Waals surface area (Å²) in [5.41, 5.74) is 3.73. The van der Waals surface area contributed by atoms with E-state index in [-0.39, 0.29) is 0 Å². The fraction of sp³-hybridized carbons (Fsp3) is 0.286. The molecular formula is C14H17N3. The molecule has 0 aliphatic rings. The van der Waals surface area contributed by atoms with Gasteiger partial charge in [0.05, 0.1) is 11.6 Å². The monoisotopic (exact) mass is 227 g/mol. The first kappa shape index (κ1) is 13.1. The van der Waals surface area contributed by atoms with Crippen molar-refractivity contribution in [3.63, 3.8) is 0 Å². The van der Waals surface area contributed by atoms with Crippen LogP contribution in [-0.4, -0.2) is 19.3 Å². The predicted octanol–water partition coefficient (Wildman–Crippen LogP) is 2.49. The van der Waals surface area contributed by atoms with Crippen molar-refractivity contribution in [1.82, 2.24) is 5.32 Å². The minimum atomic E-state index is 0.660. The molecule has 0 aromatic heterocycles. The van der Waals surface area contributed by atoms with Crippen LogP contribution in [0.2, 0.25) is 0 Å². The Kier molecular flexibility index (Phi) is 5.12. The molecule has 88 valence electrons. The van der Waals surface area contributed by atoms with Crippen molar-refractivity contribution in [3.8, 4) is 6.07 Å². The number of aliphatic imine (C=N–C) groups is 1. The standard InChI is InChI=1S/C14H17N3/c1-11(9-16-3)10-17-12(2)14-6-4-5-13(7-14)8-15/h4-7,10,16H,9H2,1-3H3/b11-10+,17-12+. The first-order valence-corrected chi connectivity index (χ1v) is 5.52. The SMILES string of the molecule is CNC/C(C)=C/N=C(\C)c1cccc(C#N)c1. The molecule has 0 atom stereocenters. The van der Waals surface area contributed by atoms with Gasteiger partial charge in [0.25, 0.3) is 0 Å². The molecule has 0 amide bonds. The van der Waals surface area contributed by atoms with E-state index >= 15 is 0 Å². The van der Waals surface area contributed by atoms with E-state index in [0.29, 0.717) is 5.56 Å². The van der Waals surface area contributed by atoms with Crippen molar-refractivity contribution in [2.75, 3.05) is 13.6 Å². The zero-order valence-electron chi connectivity index (χ0n) is 10.5. The van der Waals surface area contributed by atoms with Crippen LogP contribution >= 0.6 is 0 Å². The topological polar surface area (TPSA) is 48.2 Å². The molecular weight excluding hydrogens is 210 g/mol. The lowest BCUT2D eigenvalue weighted by Gasteiger charge is -2.01. The fourth-order valence-corrected chi connectivity index (χ4v) is 1.42. The molecule has 0 heterocycles. The zero-order valence-corrected chi connectivity index (χ0v) is 10.5. The largest absolute Gasteiger partial charge is 0.316 e. The number of hydrogen-bond donors (Lipinski definition) is 1. The minimum absolute atomic E-state index is 0.660. The molecule has 0 saturated heterocycles. The molecule has 1 aromatic carbocycles. The van der Waals surface area contributed by atoms with E-state index in [1.165, 1.54) is 5.57 Å². The van der Waals surface area contributed by atoms with E-state index in [1.807, 2.05) is 45.3 Å². The van der Waals surface area contributed by atoms with Crippen molar-refractivity contribution in [2.24, 2.45) is 4.99 Å². The third-order valence-electron chi connectivity index (χ3n) is 2.34. The highest BCUT2D eigenvalue weighted by Crippen LogP contribution is 2.06. The quantitative estimate of drug-likeness (QED) is 0.803. The third-order valence-corrected chi connectivity index (χ3v) is 2.34. The minimum Gasteiger partial charge on any atom is -0.316 e. The van der Waals surface area contributed by atoms with Gasteiger partial charge in [0.2, 0.25) is 0 Å². The molecule has 1 N–H and O–H groups in total. The number of hydrogen-bond acceptors (Lipinski definition) is 3. The van der Waals surface area contributed by atoms with E-state index in [1.54, 1.807) is 6.07 Å². The smallest absolute Gasteiger partial charge is 0.0991 e. The number of likely N-dealkylation sites (N-methyl/N-ethyl adjacent to an activating group) is 1. The van der Waals surface area contributed by atoms with E-state index in [2.05, 4.69) is 16.4 Å². The summed E-state index contributed by atoms with van der Waals surface area (Å²) in [4.78, 5) is 4.39. The van der Waals surface area contributed by atoms with Gasteiger partial charge in [-0.1, -0.05) is 12.1 Å². The molecule has 0 bridgehead atoms. The summed E-state index contributed by atoms with van der Waals surface area (Å²) in [5, 5.41) is 11.9. The highest BCUT2D eigenvalue weighted by Gasteiger charge is 1.97. The van der Waals surface area contributed by atoms with Crippen LogP contribution in [0.4, 0.5) is 0 Å². The number of nitriles is 1. The first-order valence-electron chi connectivity index (χ1n) is 5.52. The summed E-state index contributed by atoms with van der Waals surface area (Å²) in [6, 6.07) is 9.60. The molecule has 1 rings (SSSR count). The highest BCUT2D eigenvalue weighted by molar-refractivity contribution is 5.99. The first-order chi connectivity index (χ1) is 8.17. The number of nitrogens with zero attached hydrogens (tertiary/aromatic N) is 2. The van der Waals surface area contributed by atoms with Gasteiger partial charge >= 0.3 is 0 Å². The van der Waals surface area contributed by atoms with Crippen molar-refractivity contribution in [1.29, 1.82) is 5.26 Å². The predicted molar refractivity (Wildman–Crippen MR) is 71.1 cm³/mol. The molecule has 0 saturated carbocycles. The summed E-state index contributed by atoms with van der Waals surface area (Å²) in [5.74, 6) is 0. The summed E-state index contributed by atoms with van der Waals surface area (Å²) in [7, 11) is 1.91. The Morgan fingerprint density at radius 1 is 1.47 bits per heavy atom. The molecule has 0 spiro atoms. The van der Waals surface area contributed by atoms with Gasteiger partial charge < -0.3 is 5.32 Å². The lowest BCUT2D eigenvalue weighted by atomic mass is 10.1. The maximum Gasteiger partial charge on any atom is 0.0991 e. The number of benzene rings is 1. The number of rotatable bonds is 4. The normalized spacial score (nSPS) is 12.4. The van der Waals surface area contributed by atoms with E-state index < -0.39 is 0 Å². The van der Waals surface area contributed by atoms with Gasteiger partial charge in [-0.05, 0) is 44.2 Å². The fourth-order valence-electron chi connectivity index (χ4n) is 1.42. The maximum atomic E-state index is 8.82. The molecule has 0 aliphatic heterocycles. The van der Waals surface area contributed by atoms with Gasteiger partial charge in [0.1, 0.15) is 0 Å². The second kappa shape index (κ2) is 6.62. The van der Waals surface area contributed by atoms with Crippen LogP contribution in [0, 0.1) is 11.3 Å². The lowest BCUT2D eigenvalue weighted by Crippen LogP contribution is -2.08. The van der Waals surface area contributed by atoms with Crippen LogP contribution in [0.5, 0.6) is 0 Å². The van der Waals surface area contributed by atoms with Gasteiger partial charge in [-0.25, -0.2) is 0 Å². The second-order valence-corrected chi connectivity index (χ2v) is 3.91. The Morgan fingerprint density at radius 2 is 2.24 bits per heavy atom. The Bertz CT molecular complexity index is 478. The Morgan fingerprint density at radius 3 is 2.88 bits per heavy atom. The molecule has 0 radical (unpaired) electrons. The van der Waals surface area contributed by atoms with E-state index in [4.69, 9.17) is 5.26 Å². The van der Waals surface area contributed by atoms with Crippen LogP contribution < -0.4 is 5.32 Å². The summed E-state index contributed by atoms with van der Waals surface area (Å²) in [6.45, 7) is 4.80. The van der Waals surface area contributed by atoms with E-state index in [0.717, 1.165) is 17.8 Å². The summed E-state index contributed by atoms with van der Waals surface area (Å²) < 4.78 is 0. The summed E-state index contributed by atoms with van der Waals surface area (Å²) >= 11 is 0. The van der Waals surface area contributed by atoms with Crippen molar-refractivity contribution < 1.29 is 0 Å². The van der Waals surface area contributed by atoms with Gasteiger partial charge in [-0.3, -0.25) is 4.99 Å². The second-order valence-electron chi connectivity index (χ2n) is 3.91. The van der Waals surface area contributed by atoms with Crippen LogP contribution in [-0.2, 0) is 0 Å². The average Bonchev–Trinajstić information content (AvgIpc) is 2.36. The van der Waals surface area contributed by atoms with Crippen LogP contribution in [0.25, 0.3) is 0 Å². The average molecular weight is 227 g/mol.